The Morgan fingerprint density at radius 2 is 1.86 bits per heavy atom. The largest absolute Gasteiger partial charge is 0.490 e. The molecule has 4 aromatic rings. The summed E-state index contributed by atoms with van der Waals surface area (Å²) in [6, 6.07) is 20.4. The molecule has 0 bridgehead atoms. The van der Waals surface area contributed by atoms with Crippen molar-refractivity contribution in [2.24, 2.45) is 4.99 Å². The number of aryl methyl sites for hydroxylation is 1. The lowest BCUT2D eigenvalue weighted by Gasteiger charge is -2.25. The monoisotopic (exact) mass is 602 g/mol. The Hall–Kier alpha value is -4.14. The van der Waals surface area contributed by atoms with E-state index >= 15 is 0 Å². The number of carbonyl (C=O) groups is 1. The SMILES string of the molecule is CCOc1cc(/C=c2\sc3n(c2=O)[C@H](c2ccccc2)C(C(=O)OC)=C(CC)N=3)cc(Cl)c1OCc1cccc(C)c1. The number of allylic oxidation sites excluding steroid dienone is 1. The minimum absolute atomic E-state index is 0.266. The maximum absolute atomic E-state index is 13.9. The molecule has 0 unspecified atom stereocenters. The van der Waals surface area contributed by atoms with Crippen LogP contribution in [-0.4, -0.2) is 24.3 Å². The number of aromatic nitrogens is 1. The van der Waals surface area contributed by atoms with Crippen molar-refractivity contribution in [2.75, 3.05) is 13.7 Å². The minimum atomic E-state index is -0.660. The van der Waals surface area contributed by atoms with E-state index in [9.17, 15) is 9.59 Å². The van der Waals surface area contributed by atoms with Crippen LogP contribution in [0.5, 0.6) is 11.5 Å². The quantitative estimate of drug-likeness (QED) is 0.228. The molecule has 2 heterocycles. The van der Waals surface area contributed by atoms with Crippen LogP contribution in [0.1, 0.15) is 48.6 Å². The number of benzene rings is 3. The third kappa shape index (κ3) is 5.91. The minimum Gasteiger partial charge on any atom is -0.490 e. The number of carbonyl (C=O) groups excluding carboxylic acids is 1. The van der Waals surface area contributed by atoms with E-state index in [4.69, 9.17) is 30.8 Å². The lowest BCUT2D eigenvalue weighted by Crippen LogP contribution is -2.40. The molecule has 42 heavy (non-hydrogen) atoms. The van der Waals surface area contributed by atoms with Crippen molar-refractivity contribution in [3.63, 3.8) is 0 Å². The van der Waals surface area contributed by atoms with Gasteiger partial charge in [0.05, 0.1) is 40.6 Å². The number of halogens is 1. The maximum Gasteiger partial charge on any atom is 0.338 e. The molecule has 0 amide bonds. The Labute approximate surface area is 253 Å². The topological polar surface area (TPSA) is 79.1 Å². The molecule has 0 radical (unpaired) electrons. The van der Waals surface area contributed by atoms with E-state index in [1.807, 2.05) is 75.4 Å². The van der Waals surface area contributed by atoms with Gasteiger partial charge in [0.2, 0.25) is 0 Å². The van der Waals surface area contributed by atoms with Crippen LogP contribution in [-0.2, 0) is 16.1 Å². The standard InChI is InChI=1S/C33H31ClN2O5S/c1-5-25-28(32(38)39-4)29(23-13-8-7-9-14-23)36-31(37)27(42-33(36)35-25)18-22-16-24(34)30(26(17-22)40-6-2)41-19-21-12-10-11-20(3)15-21/h7-18,29H,5-6,19H2,1-4H3/b27-18-/t29-/m1/s1. The molecule has 5 rings (SSSR count). The summed E-state index contributed by atoms with van der Waals surface area (Å²) in [7, 11) is 1.34. The summed E-state index contributed by atoms with van der Waals surface area (Å²) in [6.07, 6.45) is 2.27. The van der Waals surface area contributed by atoms with Crippen LogP contribution in [0, 0.1) is 6.92 Å². The first-order valence-corrected chi connectivity index (χ1v) is 14.9. The number of thiazole rings is 1. The van der Waals surface area contributed by atoms with Gasteiger partial charge < -0.3 is 14.2 Å². The predicted molar refractivity (Wildman–Crippen MR) is 165 cm³/mol. The van der Waals surface area contributed by atoms with Crippen LogP contribution >= 0.6 is 22.9 Å². The summed E-state index contributed by atoms with van der Waals surface area (Å²) in [5.41, 5.74) is 4.33. The van der Waals surface area contributed by atoms with Crippen LogP contribution in [0.25, 0.3) is 6.08 Å². The average Bonchev–Trinajstić information content (AvgIpc) is 3.30. The lowest BCUT2D eigenvalue weighted by atomic mass is 9.95. The molecule has 0 saturated heterocycles. The Balaban J connectivity index is 1.60. The smallest absolute Gasteiger partial charge is 0.338 e. The van der Waals surface area contributed by atoms with E-state index < -0.39 is 12.0 Å². The van der Waals surface area contributed by atoms with E-state index in [2.05, 4.69) is 6.07 Å². The summed E-state index contributed by atoms with van der Waals surface area (Å²) in [4.78, 5) is 32.1. The second-order valence-electron chi connectivity index (χ2n) is 9.74. The highest BCUT2D eigenvalue weighted by atomic mass is 35.5. The molecule has 1 aliphatic heterocycles. The zero-order valence-electron chi connectivity index (χ0n) is 23.8. The van der Waals surface area contributed by atoms with Crippen molar-refractivity contribution in [3.05, 3.63) is 125 Å². The molecule has 0 saturated carbocycles. The molecule has 1 aromatic heterocycles. The second kappa shape index (κ2) is 12.8. The van der Waals surface area contributed by atoms with Gasteiger partial charge in [-0.25, -0.2) is 9.79 Å². The molecular formula is C33H31ClN2O5S. The number of nitrogens with zero attached hydrogens (tertiary/aromatic N) is 2. The molecule has 0 fully saturated rings. The normalized spacial score (nSPS) is 14.8. The van der Waals surface area contributed by atoms with E-state index in [0.29, 0.717) is 62.3 Å². The lowest BCUT2D eigenvalue weighted by molar-refractivity contribution is -0.136. The Morgan fingerprint density at radius 1 is 1.07 bits per heavy atom. The third-order valence-corrected chi connectivity index (χ3v) is 8.12. The highest BCUT2D eigenvalue weighted by Gasteiger charge is 2.33. The summed E-state index contributed by atoms with van der Waals surface area (Å²) in [6.45, 7) is 6.59. The van der Waals surface area contributed by atoms with Crippen LogP contribution in [0.4, 0.5) is 0 Å². The highest BCUT2D eigenvalue weighted by Crippen LogP contribution is 2.38. The number of ether oxygens (including phenoxy) is 3. The van der Waals surface area contributed by atoms with Crippen molar-refractivity contribution in [1.82, 2.24) is 4.57 Å². The van der Waals surface area contributed by atoms with Crippen LogP contribution in [0.15, 0.2) is 87.8 Å². The van der Waals surface area contributed by atoms with E-state index in [0.717, 1.165) is 16.7 Å². The average molecular weight is 603 g/mol. The summed E-state index contributed by atoms with van der Waals surface area (Å²) >= 11 is 7.97. The van der Waals surface area contributed by atoms with Gasteiger partial charge in [-0.3, -0.25) is 9.36 Å². The van der Waals surface area contributed by atoms with Gasteiger partial charge in [0, 0.05) is 0 Å². The Kier molecular flexibility index (Phi) is 8.94. The zero-order chi connectivity index (χ0) is 29.8. The first kappa shape index (κ1) is 29.4. The van der Waals surface area contributed by atoms with Crippen LogP contribution in [0.3, 0.4) is 0 Å². The molecule has 1 atom stereocenters. The van der Waals surface area contributed by atoms with Crippen molar-refractivity contribution in [2.45, 2.75) is 39.8 Å². The number of hydrogen-bond acceptors (Lipinski definition) is 7. The number of esters is 1. The number of hydrogen-bond donors (Lipinski definition) is 0. The summed E-state index contributed by atoms with van der Waals surface area (Å²) in [5.74, 6) is 0.422. The summed E-state index contributed by atoms with van der Waals surface area (Å²) in [5, 5.41) is 0.371. The third-order valence-electron chi connectivity index (χ3n) is 6.86. The first-order valence-electron chi connectivity index (χ1n) is 13.7. The van der Waals surface area contributed by atoms with E-state index in [-0.39, 0.29) is 5.56 Å². The zero-order valence-corrected chi connectivity index (χ0v) is 25.4. The van der Waals surface area contributed by atoms with Crippen molar-refractivity contribution >= 4 is 35.0 Å². The van der Waals surface area contributed by atoms with Gasteiger partial charge >= 0.3 is 5.97 Å². The van der Waals surface area contributed by atoms with Gasteiger partial charge in [0.25, 0.3) is 5.56 Å². The number of methoxy groups -OCH3 is 1. The van der Waals surface area contributed by atoms with Gasteiger partial charge in [-0.15, -0.1) is 0 Å². The molecule has 1 aliphatic rings. The van der Waals surface area contributed by atoms with Gasteiger partial charge in [-0.05, 0) is 55.2 Å². The molecule has 0 N–H and O–H groups in total. The molecule has 9 heteroatoms. The molecule has 0 spiro atoms. The molecular weight excluding hydrogens is 572 g/mol. The van der Waals surface area contributed by atoms with Crippen molar-refractivity contribution < 1.29 is 19.0 Å². The van der Waals surface area contributed by atoms with Gasteiger partial charge in [0.1, 0.15) is 6.61 Å². The first-order chi connectivity index (χ1) is 20.3. The fourth-order valence-corrected chi connectivity index (χ4v) is 6.29. The Morgan fingerprint density at radius 3 is 2.55 bits per heavy atom. The highest BCUT2D eigenvalue weighted by molar-refractivity contribution is 7.07. The molecule has 0 aliphatic carbocycles. The number of fused-ring (bicyclic) bond motifs is 1. The van der Waals surface area contributed by atoms with E-state index in [1.54, 1.807) is 16.7 Å². The predicted octanol–water partition coefficient (Wildman–Crippen LogP) is 5.74. The van der Waals surface area contributed by atoms with Crippen molar-refractivity contribution in [3.8, 4) is 11.5 Å². The van der Waals surface area contributed by atoms with E-state index in [1.165, 1.54) is 18.4 Å². The fourth-order valence-electron chi connectivity index (χ4n) is 5.00. The maximum atomic E-state index is 13.9. The Bertz CT molecular complexity index is 1840. The van der Waals surface area contributed by atoms with Gasteiger partial charge in [0.15, 0.2) is 16.3 Å². The summed E-state index contributed by atoms with van der Waals surface area (Å²) < 4.78 is 19.1. The molecule has 7 nitrogen and oxygen atoms in total. The molecule has 3 aromatic carbocycles. The van der Waals surface area contributed by atoms with Crippen LogP contribution < -0.4 is 24.4 Å². The van der Waals surface area contributed by atoms with Gasteiger partial charge in [-0.1, -0.05) is 90.0 Å². The number of rotatable bonds is 9. The fraction of sp³-hybridized carbons (Fsp3) is 0.242. The van der Waals surface area contributed by atoms with Crippen LogP contribution in [0.2, 0.25) is 5.02 Å². The van der Waals surface area contributed by atoms with Gasteiger partial charge in [-0.2, -0.15) is 0 Å². The second-order valence-corrected chi connectivity index (χ2v) is 11.2. The molecule has 216 valence electrons. The van der Waals surface area contributed by atoms with Crippen molar-refractivity contribution in [1.29, 1.82) is 0 Å².